The summed E-state index contributed by atoms with van der Waals surface area (Å²) in [6, 6.07) is 13.6. The Morgan fingerprint density at radius 3 is 2.53 bits per heavy atom. The minimum Gasteiger partial charge on any atom is -0.497 e. The molecule has 0 bridgehead atoms. The highest BCUT2D eigenvalue weighted by atomic mass is 19.1. The number of carbonyl (C=O) groups excluding carboxylic acids is 1. The Kier molecular flexibility index (Phi) is 7.99. The summed E-state index contributed by atoms with van der Waals surface area (Å²) in [5.41, 5.74) is 2.53. The molecule has 1 amide bonds. The molecule has 2 heterocycles. The van der Waals surface area contributed by atoms with Gasteiger partial charge in [0.1, 0.15) is 11.6 Å². The molecule has 1 aromatic heterocycles. The van der Waals surface area contributed by atoms with Crippen LogP contribution in [0.4, 0.5) is 4.39 Å². The predicted octanol–water partition coefficient (Wildman–Crippen LogP) is 4.26. The highest BCUT2D eigenvalue weighted by Crippen LogP contribution is 2.23. The summed E-state index contributed by atoms with van der Waals surface area (Å²) in [5.74, 6) is 0.453. The maximum atomic E-state index is 13.4. The molecule has 0 radical (unpaired) electrons. The van der Waals surface area contributed by atoms with Crippen LogP contribution in [0.2, 0.25) is 0 Å². The molecule has 0 spiro atoms. The number of halogens is 1. The van der Waals surface area contributed by atoms with Crippen LogP contribution in [0.3, 0.4) is 0 Å². The van der Waals surface area contributed by atoms with Crippen molar-refractivity contribution in [1.29, 1.82) is 0 Å². The third-order valence-corrected chi connectivity index (χ3v) is 6.12. The van der Waals surface area contributed by atoms with Gasteiger partial charge in [-0.2, -0.15) is 0 Å². The molecule has 2 aromatic carbocycles. The van der Waals surface area contributed by atoms with Gasteiger partial charge in [0.15, 0.2) is 0 Å². The average molecular weight is 461 g/mol. The molecular weight excluding hydrogens is 431 g/mol. The van der Waals surface area contributed by atoms with Crippen molar-refractivity contribution in [1.82, 2.24) is 20.2 Å². The van der Waals surface area contributed by atoms with Gasteiger partial charge in [-0.25, -0.2) is 4.39 Å². The molecule has 3 aromatic rings. The van der Waals surface area contributed by atoms with Crippen LogP contribution >= 0.6 is 0 Å². The van der Waals surface area contributed by atoms with Crippen LogP contribution in [0.25, 0.3) is 6.08 Å². The van der Waals surface area contributed by atoms with Crippen molar-refractivity contribution in [3.8, 4) is 5.75 Å². The van der Waals surface area contributed by atoms with E-state index in [0.717, 1.165) is 49.4 Å². The SMILES string of the molecule is COc1ccc(/C=C/CN2CCC(C(=O)NC(c3ccc(F)cc3)c3cnccn3)CC2)cc1. The first-order valence-corrected chi connectivity index (χ1v) is 11.5. The van der Waals surface area contributed by atoms with E-state index < -0.39 is 6.04 Å². The molecule has 0 saturated carbocycles. The van der Waals surface area contributed by atoms with Crippen LogP contribution in [0.15, 0.2) is 73.2 Å². The van der Waals surface area contributed by atoms with Crippen molar-refractivity contribution < 1.29 is 13.9 Å². The molecule has 1 fully saturated rings. The van der Waals surface area contributed by atoms with Crippen molar-refractivity contribution in [2.75, 3.05) is 26.7 Å². The largest absolute Gasteiger partial charge is 0.497 e. The maximum absolute atomic E-state index is 13.4. The van der Waals surface area contributed by atoms with Crippen molar-refractivity contribution >= 4 is 12.0 Å². The van der Waals surface area contributed by atoms with Crippen molar-refractivity contribution in [2.45, 2.75) is 18.9 Å². The summed E-state index contributed by atoms with van der Waals surface area (Å²) >= 11 is 0. The molecule has 1 aliphatic rings. The molecule has 7 heteroatoms. The highest BCUT2D eigenvalue weighted by molar-refractivity contribution is 5.79. The number of aromatic nitrogens is 2. The molecule has 4 rings (SSSR count). The van der Waals surface area contributed by atoms with Crippen molar-refractivity contribution in [2.24, 2.45) is 5.92 Å². The second kappa shape index (κ2) is 11.5. The van der Waals surface area contributed by atoms with Gasteiger partial charge in [0, 0.05) is 24.9 Å². The number of piperidine rings is 1. The Bertz CT molecular complexity index is 1080. The lowest BCUT2D eigenvalue weighted by Crippen LogP contribution is -2.42. The number of hydrogen-bond donors (Lipinski definition) is 1. The van der Waals surface area contributed by atoms with E-state index in [2.05, 4.69) is 32.3 Å². The molecule has 0 aliphatic carbocycles. The van der Waals surface area contributed by atoms with E-state index in [9.17, 15) is 9.18 Å². The summed E-state index contributed by atoms with van der Waals surface area (Å²) < 4.78 is 18.6. The van der Waals surface area contributed by atoms with Gasteiger partial charge < -0.3 is 10.1 Å². The van der Waals surface area contributed by atoms with Gasteiger partial charge in [0.2, 0.25) is 5.91 Å². The van der Waals surface area contributed by atoms with E-state index >= 15 is 0 Å². The van der Waals surface area contributed by atoms with Crippen LogP contribution < -0.4 is 10.1 Å². The third-order valence-electron chi connectivity index (χ3n) is 6.12. The van der Waals surface area contributed by atoms with E-state index in [0.29, 0.717) is 5.69 Å². The number of nitrogens with zero attached hydrogens (tertiary/aromatic N) is 3. The lowest BCUT2D eigenvalue weighted by Gasteiger charge is -2.31. The second-order valence-electron chi connectivity index (χ2n) is 8.37. The standard InChI is InChI=1S/C27H29FN4O2/c1-34-24-10-4-20(5-11-24)3-2-16-32-17-12-22(13-18-32)27(33)31-26(25-19-29-14-15-30-25)21-6-8-23(28)9-7-21/h2-11,14-15,19,22,26H,12-13,16-18H2,1H3,(H,31,33)/b3-2+. The Hall–Kier alpha value is -3.58. The van der Waals surface area contributed by atoms with E-state index in [-0.39, 0.29) is 17.6 Å². The van der Waals surface area contributed by atoms with E-state index in [4.69, 9.17) is 4.74 Å². The fourth-order valence-corrected chi connectivity index (χ4v) is 4.13. The summed E-state index contributed by atoms with van der Waals surface area (Å²) in [5, 5.41) is 3.12. The van der Waals surface area contributed by atoms with Crippen molar-refractivity contribution in [3.63, 3.8) is 0 Å². The fraction of sp³-hybridized carbons (Fsp3) is 0.296. The van der Waals surface area contributed by atoms with E-state index in [1.807, 2.05) is 24.3 Å². The third kappa shape index (κ3) is 6.26. The molecule has 1 atom stereocenters. The Labute approximate surface area is 199 Å². The van der Waals surface area contributed by atoms with Gasteiger partial charge in [0.05, 0.1) is 25.0 Å². The number of nitrogens with one attached hydrogen (secondary N) is 1. The zero-order valence-electron chi connectivity index (χ0n) is 19.2. The molecule has 6 nitrogen and oxygen atoms in total. The lowest BCUT2D eigenvalue weighted by atomic mass is 9.94. The summed E-state index contributed by atoms with van der Waals surface area (Å²) in [4.78, 5) is 23.9. The van der Waals surface area contributed by atoms with Crippen LogP contribution in [0.5, 0.6) is 5.75 Å². The van der Waals surface area contributed by atoms with Gasteiger partial charge in [0.25, 0.3) is 0 Å². The van der Waals surface area contributed by atoms with Crippen LogP contribution in [0, 0.1) is 11.7 Å². The lowest BCUT2D eigenvalue weighted by molar-refractivity contribution is -0.126. The quantitative estimate of drug-likeness (QED) is 0.544. The maximum Gasteiger partial charge on any atom is 0.224 e. The fourth-order valence-electron chi connectivity index (χ4n) is 4.13. The monoisotopic (exact) mass is 460 g/mol. The summed E-state index contributed by atoms with van der Waals surface area (Å²) in [7, 11) is 1.66. The number of hydrogen-bond acceptors (Lipinski definition) is 5. The molecule has 34 heavy (non-hydrogen) atoms. The number of methoxy groups -OCH3 is 1. The Balaban J connectivity index is 1.31. The van der Waals surface area contributed by atoms with E-state index in [1.165, 1.54) is 12.1 Å². The first-order chi connectivity index (χ1) is 16.6. The molecule has 1 saturated heterocycles. The van der Waals surface area contributed by atoms with Crippen LogP contribution in [0.1, 0.15) is 35.7 Å². The zero-order valence-corrected chi connectivity index (χ0v) is 19.2. The first-order valence-electron chi connectivity index (χ1n) is 11.5. The average Bonchev–Trinajstić information content (AvgIpc) is 2.89. The van der Waals surface area contributed by atoms with Gasteiger partial charge in [-0.05, 0) is 61.3 Å². The minimum absolute atomic E-state index is 0.00611. The first kappa shape index (κ1) is 23.6. The zero-order chi connectivity index (χ0) is 23.8. The highest BCUT2D eigenvalue weighted by Gasteiger charge is 2.27. The Morgan fingerprint density at radius 2 is 1.88 bits per heavy atom. The molecule has 176 valence electrons. The number of amides is 1. The van der Waals surface area contributed by atoms with Gasteiger partial charge in [-0.15, -0.1) is 0 Å². The number of rotatable bonds is 8. The van der Waals surface area contributed by atoms with Crippen LogP contribution in [-0.4, -0.2) is 47.5 Å². The minimum atomic E-state index is -0.466. The number of benzene rings is 2. The summed E-state index contributed by atoms with van der Waals surface area (Å²) in [6.07, 6.45) is 10.7. The second-order valence-corrected chi connectivity index (χ2v) is 8.37. The van der Waals surface area contributed by atoms with Crippen LogP contribution in [-0.2, 0) is 4.79 Å². The van der Waals surface area contributed by atoms with Crippen molar-refractivity contribution in [3.05, 3.63) is 95.8 Å². The molecular formula is C27H29FN4O2. The predicted molar refractivity (Wildman–Crippen MR) is 130 cm³/mol. The Morgan fingerprint density at radius 1 is 1.15 bits per heavy atom. The topological polar surface area (TPSA) is 67.3 Å². The number of likely N-dealkylation sites (tertiary alicyclic amines) is 1. The van der Waals surface area contributed by atoms with E-state index in [1.54, 1.807) is 37.8 Å². The van der Waals surface area contributed by atoms with Gasteiger partial charge in [-0.1, -0.05) is 36.4 Å². The van der Waals surface area contributed by atoms with Gasteiger partial charge in [-0.3, -0.25) is 19.7 Å². The number of carbonyl (C=O) groups is 1. The molecule has 1 aliphatic heterocycles. The molecule has 1 N–H and O–H groups in total. The smallest absolute Gasteiger partial charge is 0.224 e. The summed E-state index contributed by atoms with van der Waals surface area (Å²) in [6.45, 7) is 2.56. The molecule has 1 unspecified atom stereocenters. The van der Waals surface area contributed by atoms with Gasteiger partial charge >= 0.3 is 0 Å². The number of ether oxygens (including phenoxy) is 1. The normalized spacial score (nSPS) is 15.8.